The van der Waals surface area contributed by atoms with Crippen molar-refractivity contribution in [2.75, 3.05) is 11.9 Å². The molecule has 5 heterocycles. The van der Waals surface area contributed by atoms with Gasteiger partial charge in [0.15, 0.2) is 5.65 Å². The molecule has 1 N–H and O–H groups in total. The lowest BCUT2D eigenvalue weighted by atomic mass is 9.93. The van der Waals surface area contributed by atoms with Gasteiger partial charge in [-0.05, 0) is 24.5 Å². The molecule has 0 aromatic carbocycles. The van der Waals surface area contributed by atoms with Crippen LogP contribution in [0.25, 0.3) is 16.9 Å². The molecule has 0 aliphatic carbocycles. The molecule has 0 fully saturated rings. The van der Waals surface area contributed by atoms with E-state index in [0.717, 1.165) is 47.3 Å². The molecule has 1 unspecified atom stereocenters. The second kappa shape index (κ2) is 7.40. The van der Waals surface area contributed by atoms with Crippen molar-refractivity contribution in [3.8, 4) is 17.1 Å². The molecule has 0 saturated carbocycles. The number of hydrogen-bond acceptors (Lipinski definition) is 7. The minimum Gasteiger partial charge on any atom is -0.478 e. The van der Waals surface area contributed by atoms with Gasteiger partial charge in [-0.2, -0.15) is 5.10 Å². The lowest BCUT2D eigenvalue weighted by molar-refractivity contribution is 0.226. The fourth-order valence-corrected chi connectivity index (χ4v) is 3.80. The maximum absolute atomic E-state index is 6.12. The Kier molecular flexibility index (Phi) is 4.57. The Morgan fingerprint density at radius 1 is 1.23 bits per heavy atom. The predicted molar refractivity (Wildman–Crippen MR) is 113 cm³/mol. The summed E-state index contributed by atoms with van der Waals surface area (Å²) in [5.74, 6) is 3.94. The Morgan fingerprint density at radius 2 is 2.13 bits per heavy atom. The van der Waals surface area contributed by atoms with E-state index < -0.39 is 0 Å². The topological polar surface area (TPSA) is 95.0 Å². The van der Waals surface area contributed by atoms with Crippen LogP contribution in [0.15, 0.2) is 36.7 Å². The van der Waals surface area contributed by atoms with Crippen LogP contribution in [0, 0.1) is 5.92 Å². The summed E-state index contributed by atoms with van der Waals surface area (Å²) >= 11 is 0. The molecule has 0 spiro atoms. The third-order valence-corrected chi connectivity index (χ3v) is 5.69. The molecule has 5 rings (SSSR count). The third-order valence-electron chi connectivity index (χ3n) is 5.69. The monoisotopic (exact) mass is 404 g/mol. The van der Waals surface area contributed by atoms with Crippen LogP contribution in [0.2, 0.25) is 0 Å². The first-order valence-electron chi connectivity index (χ1n) is 10.2. The number of nitrogens with one attached hydrogen (secondary N) is 1. The van der Waals surface area contributed by atoms with Crippen LogP contribution in [-0.2, 0) is 7.05 Å². The van der Waals surface area contributed by atoms with Gasteiger partial charge in [0.2, 0.25) is 11.8 Å². The van der Waals surface area contributed by atoms with E-state index >= 15 is 0 Å². The average molecular weight is 404 g/mol. The molecule has 0 amide bonds. The fraction of sp³-hybridized carbons (Fsp3) is 0.381. The van der Waals surface area contributed by atoms with Crippen molar-refractivity contribution in [3.63, 3.8) is 0 Å². The summed E-state index contributed by atoms with van der Waals surface area (Å²) in [4.78, 5) is 8.97. The molecule has 9 heteroatoms. The van der Waals surface area contributed by atoms with Gasteiger partial charge in [0.1, 0.15) is 11.6 Å². The summed E-state index contributed by atoms with van der Waals surface area (Å²) in [6, 6.07) is 7.73. The summed E-state index contributed by atoms with van der Waals surface area (Å²) < 4.78 is 9.87. The van der Waals surface area contributed by atoms with Crippen molar-refractivity contribution >= 4 is 17.4 Å². The molecule has 1 aliphatic rings. The number of pyridine rings is 1. The largest absolute Gasteiger partial charge is 0.478 e. The summed E-state index contributed by atoms with van der Waals surface area (Å²) in [6.45, 7) is 5.11. The molecule has 4 aromatic rings. The first-order valence-corrected chi connectivity index (χ1v) is 10.2. The molecular weight excluding hydrogens is 380 g/mol. The standard InChI is InChI=1S/C21H24N8O/c1-4-13(2)9-15-12-30-19-11-14(10-18-26-27-20(15)29(18)19)16-5-7-22-21(24-16)25-17-6-8-23-28(17)3/h5-8,10-11,13,15H,4,9,12H2,1-3H3,(H,22,24,25)/t13?,15-/m0/s1. The van der Waals surface area contributed by atoms with Gasteiger partial charge in [0.05, 0.1) is 24.4 Å². The molecule has 0 radical (unpaired) electrons. The van der Waals surface area contributed by atoms with Crippen molar-refractivity contribution < 1.29 is 4.74 Å². The van der Waals surface area contributed by atoms with Crippen LogP contribution in [0.5, 0.6) is 5.88 Å². The second-order valence-corrected chi connectivity index (χ2v) is 7.82. The highest BCUT2D eigenvalue weighted by molar-refractivity contribution is 5.67. The third kappa shape index (κ3) is 3.26. The minimum atomic E-state index is 0.266. The zero-order valence-corrected chi connectivity index (χ0v) is 17.3. The molecular formula is C21H24N8O. The van der Waals surface area contributed by atoms with E-state index in [1.807, 2.05) is 35.7 Å². The summed E-state index contributed by atoms with van der Waals surface area (Å²) in [6.07, 6.45) is 5.65. The molecule has 2 atom stereocenters. The quantitative estimate of drug-likeness (QED) is 0.525. The number of aryl methyl sites for hydroxylation is 1. The van der Waals surface area contributed by atoms with E-state index in [2.05, 4.69) is 44.4 Å². The van der Waals surface area contributed by atoms with Gasteiger partial charge < -0.3 is 10.1 Å². The van der Waals surface area contributed by atoms with E-state index in [-0.39, 0.29) is 5.92 Å². The van der Waals surface area contributed by atoms with Crippen LogP contribution in [0.1, 0.15) is 38.4 Å². The fourth-order valence-electron chi connectivity index (χ4n) is 3.80. The maximum atomic E-state index is 6.12. The number of rotatable bonds is 6. The van der Waals surface area contributed by atoms with Crippen LogP contribution >= 0.6 is 0 Å². The normalized spacial score (nSPS) is 16.4. The van der Waals surface area contributed by atoms with E-state index in [0.29, 0.717) is 18.5 Å². The first-order chi connectivity index (χ1) is 14.6. The van der Waals surface area contributed by atoms with Crippen molar-refractivity contribution in [3.05, 3.63) is 42.5 Å². The lowest BCUT2D eigenvalue weighted by Gasteiger charge is -2.25. The molecule has 4 aromatic heterocycles. The SMILES string of the molecule is CCC(C)C[C@H]1COc2cc(-c3ccnc(Nc4ccnn4C)n3)cc3nnc1n23. The zero-order valence-electron chi connectivity index (χ0n) is 17.3. The zero-order chi connectivity index (χ0) is 20.7. The number of hydrogen-bond donors (Lipinski definition) is 1. The number of ether oxygens (including phenoxy) is 1. The Morgan fingerprint density at radius 3 is 2.93 bits per heavy atom. The van der Waals surface area contributed by atoms with Crippen LogP contribution in [0.4, 0.5) is 11.8 Å². The Labute approximate surface area is 174 Å². The summed E-state index contributed by atoms with van der Waals surface area (Å²) in [5.41, 5.74) is 2.46. The number of aromatic nitrogens is 7. The van der Waals surface area contributed by atoms with Gasteiger partial charge in [0, 0.05) is 30.9 Å². The average Bonchev–Trinajstić information content (AvgIpc) is 3.37. The van der Waals surface area contributed by atoms with Crippen LogP contribution < -0.4 is 10.1 Å². The van der Waals surface area contributed by atoms with Crippen molar-refractivity contribution in [1.29, 1.82) is 0 Å². The predicted octanol–water partition coefficient (Wildman–Crippen LogP) is 3.58. The second-order valence-electron chi connectivity index (χ2n) is 7.82. The Hall–Kier alpha value is -3.49. The smallest absolute Gasteiger partial charge is 0.228 e. The van der Waals surface area contributed by atoms with Crippen molar-refractivity contribution in [1.82, 2.24) is 34.3 Å². The molecule has 30 heavy (non-hydrogen) atoms. The van der Waals surface area contributed by atoms with Crippen molar-refractivity contribution in [2.24, 2.45) is 13.0 Å². The Bertz CT molecular complexity index is 1200. The van der Waals surface area contributed by atoms with Gasteiger partial charge in [0.25, 0.3) is 0 Å². The van der Waals surface area contributed by atoms with Gasteiger partial charge in [-0.15, -0.1) is 10.2 Å². The van der Waals surface area contributed by atoms with E-state index in [1.165, 1.54) is 0 Å². The van der Waals surface area contributed by atoms with E-state index in [4.69, 9.17) is 4.74 Å². The first kappa shape index (κ1) is 18.5. The van der Waals surface area contributed by atoms with Gasteiger partial charge in [-0.1, -0.05) is 20.3 Å². The lowest BCUT2D eigenvalue weighted by Crippen LogP contribution is -2.22. The van der Waals surface area contributed by atoms with E-state index in [9.17, 15) is 0 Å². The van der Waals surface area contributed by atoms with Crippen LogP contribution in [-0.4, -0.2) is 41.0 Å². The number of anilines is 2. The van der Waals surface area contributed by atoms with Crippen LogP contribution in [0.3, 0.4) is 0 Å². The minimum absolute atomic E-state index is 0.266. The molecule has 154 valence electrons. The molecule has 9 nitrogen and oxygen atoms in total. The highest BCUT2D eigenvalue weighted by atomic mass is 16.5. The van der Waals surface area contributed by atoms with Gasteiger partial charge in [-0.3, -0.25) is 4.68 Å². The summed E-state index contributed by atoms with van der Waals surface area (Å²) in [7, 11) is 1.86. The Balaban J connectivity index is 1.48. The van der Waals surface area contributed by atoms with Gasteiger partial charge in [-0.25, -0.2) is 14.4 Å². The summed E-state index contributed by atoms with van der Waals surface area (Å²) in [5, 5.41) is 16.2. The maximum Gasteiger partial charge on any atom is 0.228 e. The molecule has 0 bridgehead atoms. The highest BCUT2D eigenvalue weighted by Crippen LogP contribution is 2.34. The van der Waals surface area contributed by atoms with E-state index in [1.54, 1.807) is 17.1 Å². The van der Waals surface area contributed by atoms with Crippen molar-refractivity contribution in [2.45, 2.75) is 32.6 Å². The number of nitrogens with zero attached hydrogens (tertiary/aromatic N) is 7. The molecule has 0 saturated heterocycles. The highest BCUT2D eigenvalue weighted by Gasteiger charge is 2.27. The molecule has 1 aliphatic heterocycles. The van der Waals surface area contributed by atoms with Gasteiger partial charge >= 0.3 is 0 Å².